The number of aryl methyl sites for hydroxylation is 2. The van der Waals surface area contributed by atoms with E-state index in [1.54, 1.807) is 0 Å². The topological polar surface area (TPSA) is 41.8 Å². The maximum atomic E-state index is 6.19. The van der Waals surface area contributed by atoms with Gasteiger partial charge in [0.1, 0.15) is 0 Å². The van der Waals surface area contributed by atoms with E-state index in [4.69, 9.17) is 17.3 Å². The van der Waals surface area contributed by atoms with Crippen molar-refractivity contribution >= 4 is 22.5 Å². The van der Waals surface area contributed by atoms with Gasteiger partial charge in [0, 0.05) is 21.6 Å². The Bertz CT molecular complexity index is 772. The lowest BCUT2D eigenvalue weighted by Gasteiger charge is -2.06. The molecule has 22 heavy (non-hydrogen) atoms. The van der Waals surface area contributed by atoms with Gasteiger partial charge in [-0.2, -0.15) is 0 Å². The van der Waals surface area contributed by atoms with Gasteiger partial charge in [-0.25, -0.2) is 0 Å². The van der Waals surface area contributed by atoms with Gasteiger partial charge in [-0.05, 0) is 62.1 Å². The van der Waals surface area contributed by atoms with E-state index in [0.29, 0.717) is 0 Å². The van der Waals surface area contributed by atoms with Crippen LogP contribution in [0.2, 0.25) is 5.02 Å². The van der Waals surface area contributed by atoms with Gasteiger partial charge in [0.15, 0.2) is 0 Å². The number of hydrogen-bond donors (Lipinski definition) is 2. The molecule has 2 nitrogen and oxygen atoms in total. The summed E-state index contributed by atoms with van der Waals surface area (Å²) in [4.78, 5) is 3.56. The van der Waals surface area contributed by atoms with Crippen molar-refractivity contribution < 1.29 is 0 Å². The van der Waals surface area contributed by atoms with Crippen molar-refractivity contribution in [2.45, 2.75) is 26.2 Å². The Morgan fingerprint density at radius 2 is 1.82 bits per heavy atom. The van der Waals surface area contributed by atoms with Gasteiger partial charge in [-0.3, -0.25) is 0 Å². The van der Waals surface area contributed by atoms with E-state index in [1.165, 1.54) is 27.8 Å². The first-order valence-corrected chi connectivity index (χ1v) is 8.14. The Kier molecular flexibility index (Phi) is 4.51. The van der Waals surface area contributed by atoms with Crippen LogP contribution in [-0.2, 0) is 6.42 Å². The second-order valence-electron chi connectivity index (χ2n) is 5.78. The molecule has 0 spiro atoms. The second-order valence-corrected chi connectivity index (χ2v) is 6.22. The van der Waals surface area contributed by atoms with Crippen molar-refractivity contribution in [3.63, 3.8) is 0 Å². The Hall–Kier alpha value is -1.77. The van der Waals surface area contributed by atoms with Gasteiger partial charge in [-0.1, -0.05) is 41.4 Å². The summed E-state index contributed by atoms with van der Waals surface area (Å²) in [6.07, 6.45) is 3.15. The second kappa shape index (κ2) is 6.55. The molecule has 114 valence electrons. The minimum Gasteiger partial charge on any atom is -0.354 e. The number of rotatable bonds is 5. The lowest BCUT2D eigenvalue weighted by atomic mass is 10.00. The summed E-state index contributed by atoms with van der Waals surface area (Å²) in [5.41, 5.74) is 11.8. The molecule has 0 aliphatic rings. The van der Waals surface area contributed by atoms with Gasteiger partial charge >= 0.3 is 0 Å². The van der Waals surface area contributed by atoms with Crippen molar-refractivity contribution in [2.75, 3.05) is 6.54 Å². The molecule has 0 atom stereocenters. The number of H-pyrrole nitrogens is 1. The number of benzene rings is 2. The molecular formula is C19H21ClN2. The Morgan fingerprint density at radius 1 is 1.05 bits per heavy atom. The number of hydrogen-bond acceptors (Lipinski definition) is 1. The zero-order valence-electron chi connectivity index (χ0n) is 12.8. The van der Waals surface area contributed by atoms with Crippen LogP contribution in [0.25, 0.3) is 22.2 Å². The molecule has 1 aromatic heterocycles. The molecular weight excluding hydrogens is 292 g/mol. The van der Waals surface area contributed by atoms with Crippen LogP contribution in [0.5, 0.6) is 0 Å². The summed E-state index contributed by atoms with van der Waals surface area (Å²) in [5, 5.41) is 2.00. The Morgan fingerprint density at radius 3 is 2.55 bits per heavy atom. The van der Waals surface area contributed by atoms with Crippen LogP contribution in [-0.4, -0.2) is 11.5 Å². The van der Waals surface area contributed by atoms with Gasteiger partial charge in [0.25, 0.3) is 0 Å². The molecule has 0 aliphatic heterocycles. The first kappa shape index (κ1) is 15.1. The standard InChI is InChI=1S/C19H21ClN2/c1-13-5-7-14(8-6-13)19-16(4-2-3-11-21)17-12-15(20)9-10-18(17)22-19/h5-10,12,22H,2-4,11,21H2,1H3. The zero-order valence-corrected chi connectivity index (χ0v) is 13.6. The van der Waals surface area contributed by atoms with Crippen molar-refractivity contribution in [1.82, 2.24) is 4.98 Å². The molecule has 0 unspecified atom stereocenters. The molecule has 2 aromatic carbocycles. The van der Waals surface area contributed by atoms with Crippen molar-refractivity contribution in [3.05, 3.63) is 58.6 Å². The summed E-state index contributed by atoms with van der Waals surface area (Å²) in [5.74, 6) is 0. The molecule has 0 aliphatic carbocycles. The predicted molar refractivity (Wildman–Crippen MR) is 95.5 cm³/mol. The number of nitrogens with two attached hydrogens (primary N) is 1. The molecule has 0 fully saturated rings. The van der Waals surface area contributed by atoms with Crippen LogP contribution in [0.4, 0.5) is 0 Å². The molecule has 3 N–H and O–H groups in total. The fourth-order valence-electron chi connectivity index (χ4n) is 2.89. The maximum Gasteiger partial charge on any atom is 0.0497 e. The molecule has 0 saturated carbocycles. The van der Waals surface area contributed by atoms with E-state index in [9.17, 15) is 0 Å². The third-order valence-electron chi connectivity index (χ3n) is 4.09. The average molecular weight is 313 g/mol. The predicted octanol–water partition coefficient (Wildman–Crippen LogP) is 5.08. The molecule has 0 bridgehead atoms. The van der Waals surface area contributed by atoms with Crippen LogP contribution < -0.4 is 5.73 Å². The highest BCUT2D eigenvalue weighted by molar-refractivity contribution is 6.31. The van der Waals surface area contributed by atoms with Gasteiger partial charge in [-0.15, -0.1) is 0 Å². The minimum absolute atomic E-state index is 0.739. The Labute approximate surface area is 136 Å². The number of unbranched alkanes of at least 4 members (excludes halogenated alkanes) is 1. The first-order chi connectivity index (χ1) is 10.7. The van der Waals surface area contributed by atoms with E-state index in [0.717, 1.165) is 36.3 Å². The SMILES string of the molecule is Cc1ccc(-c2[nH]c3ccc(Cl)cc3c2CCCCN)cc1. The van der Waals surface area contributed by atoms with Crippen LogP contribution >= 0.6 is 11.6 Å². The highest BCUT2D eigenvalue weighted by Crippen LogP contribution is 2.33. The Balaban J connectivity index is 2.10. The van der Waals surface area contributed by atoms with Crippen molar-refractivity contribution in [2.24, 2.45) is 5.73 Å². The smallest absolute Gasteiger partial charge is 0.0497 e. The fraction of sp³-hybridized carbons (Fsp3) is 0.263. The maximum absolute atomic E-state index is 6.19. The van der Waals surface area contributed by atoms with Gasteiger partial charge in [0.2, 0.25) is 0 Å². The van der Waals surface area contributed by atoms with Crippen LogP contribution in [0, 0.1) is 6.92 Å². The number of halogens is 1. The van der Waals surface area contributed by atoms with E-state index in [1.807, 2.05) is 6.07 Å². The summed E-state index contributed by atoms with van der Waals surface area (Å²) >= 11 is 6.19. The lowest BCUT2D eigenvalue weighted by molar-refractivity contribution is 0.748. The average Bonchev–Trinajstić information content (AvgIpc) is 2.86. The van der Waals surface area contributed by atoms with Crippen LogP contribution in [0.3, 0.4) is 0 Å². The third kappa shape index (κ3) is 3.03. The van der Waals surface area contributed by atoms with Crippen LogP contribution in [0.15, 0.2) is 42.5 Å². The molecule has 3 heteroatoms. The number of nitrogens with one attached hydrogen (secondary N) is 1. The van der Waals surface area contributed by atoms with Gasteiger partial charge in [0.05, 0.1) is 0 Å². The summed E-state index contributed by atoms with van der Waals surface area (Å²) in [7, 11) is 0. The molecule has 0 saturated heterocycles. The largest absolute Gasteiger partial charge is 0.354 e. The first-order valence-electron chi connectivity index (χ1n) is 7.76. The van der Waals surface area contributed by atoms with Gasteiger partial charge < -0.3 is 10.7 Å². The summed E-state index contributed by atoms with van der Waals surface area (Å²) in [6, 6.07) is 14.7. The highest BCUT2D eigenvalue weighted by Gasteiger charge is 2.13. The van der Waals surface area contributed by atoms with Crippen molar-refractivity contribution in [1.29, 1.82) is 0 Å². The number of aromatic nitrogens is 1. The highest BCUT2D eigenvalue weighted by atomic mass is 35.5. The lowest BCUT2D eigenvalue weighted by Crippen LogP contribution is -1.99. The monoisotopic (exact) mass is 312 g/mol. The van der Waals surface area contributed by atoms with Crippen molar-refractivity contribution in [3.8, 4) is 11.3 Å². The normalized spacial score (nSPS) is 11.2. The molecule has 0 amide bonds. The molecule has 1 heterocycles. The van der Waals surface area contributed by atoms with E-state index in [2.05, 4.69) is 48.3 Å². The molecule has 0 radical (unpaired) electrons. The molecule has 3 aromatic rings. The quantitative estimate of drug-likeness (QED) is 0.634. The minimum atomic E-state index is 0.739. The van der Waals surface area contributed by atoms with E-state index in [-0.39, 0.29) is 0 Å². The fourth-order valence-corrected chi connectivity index (χ4v) is 3.06. The number of aromatic amines is 1. The third-order valence-corrected chi connectivity index (χ3v) is 4.32. The van der Waals surface area contributed by atoms with Crippen LogP contribution in [0.1, 0.15) is 24.0 Å². The van der Waals surface area contributed by atoms with E-state index >= 15 is 0 Å². The summed E-state index contributed by atoms with van der Waals surface area (Å²) < 4.78 is 0. The summed E-state index contributed by atoms with van der Waals surface area (Å²) in [6.45, 7) is 2.85. The number of fused-ring (bicyclic) bond motifs is 1. The van der Waals surface area contributed by atoms with E-state index < -0.39 is 0 Å². The zero-order chi connectivity index (χ0) is 15.5. The molecule has 3 rings (SSSR count).